The van der Waals surface area contributed by atoms with Crippen LogP contribution in [0.4, 0.5) is 4.79 Å². The molecule has 94 valence electrons. The van der Waals surface area contributed by atoms with Crippen LogP contribution in [-0.2, 0) is 0 Å². The van der Waals surface area contributed by atoms with Crippen molar-refractivity contribution in [3.05, 3.63) is 28.7 Å². The smallest absolute Gasteiger partial charge is 0.405 e. The number of ether oxygens (including phenoxy) is 1. The lowest BCUT2D eigenvalue weighted by Gasteiger charge is -2.24. The van der Waals surface area contributed by atoms with Gasteiger partial charge in [0.25, 0.3) is 0 Å². The van der Waals surface area contributed by atoms with Crippen molar-refractivity contribution in [3.8, 4) is 5.75 Å². The Balaban J connectivity index is 2.37. The lowest BCUT2D eigenvalue weighted by molar-refractivity contribution is 0.175. The van der Waals surface area contributed by atoms with E-state index < -0.39 is 11.6 Å². The first kappa shape index (κ1) is 13.8. The molecule has 1 aromatic rings. The van der Waals surface area contributed by atoms with Gasteiger partial charge in [-0.05, 0) is 38.1 Å². The van der Waals surface area contributed by atoms with Gasteiger partial charge in [0.1, 0.15) is 5.75 Å². The first-order valence-corrected chi connectivity index (χ1v) is 6.08. The van der Waals surface area contributed by atoms with Crippen LogP contribution in [0, 0.1) is 0 Å². The Labute approximate surface area is 109 Å². The summed E-state index contributed by atoms with van der Waals surface area (Å²) in [5, 5.41) is 11.1. The molecule has 0 unspecified atom stereocenters. The fourth-order valence-electron chi connectivity index (χ4n) is 1.31. The van der Waals surface area contributed by atoms with E-state index in [0.29, 0.717) is 13.0 Å². The van der Waals surface area contributed by atoms with Crippen LogP contribution in [0.3, 0.4) is 0 Å². The van der Waals surface area contributed by atoms with Gasteiger partial charge in [0.15, 0.2) is 0 Å². The van der Waals surface area contributed by atoms with Gasteiger partial charge in [-0.25, -0.2) is 4.79 Å². The topological polar surface area (TPSA) is 58.6 Å². The van der Waals surface area contributed by atoms with Crippen molar-refractivity contribution in [2.24, 2.45) is 0 Å². The molecule has 5 heteroatoms. The molecule has 2 N–H and O–H groups in total. The number of carbonyl (C=O) groups is 1. The molecule has 1 rings (SSSR count). The summed E-state index contributed by atoms with van der Waals surface area (Å²) in [6.45, 7) is 4.12. The summed E-state index contributed by atoms with van der Waals surface area (Å²) >= 11 is 3.34. The molecular formula is C12H16BrNO3. The molecule has 1 aromatic carbocycles. The Kier molecular flexibility index (Phi) is 4.81. The molecule has 0 heterocycles. The molecule has 0 spiro atoms. The van der Waals surface area contributed by atoms with Gasteiger partial charge in [-0.1, -0.05) is 15.9 Å². The van der Waals surface area contributed by atoms with E-state index in [1.165, 1.54) is 0 Å². The van der Waals surface area contributed by atoms with Crippen LogP contribution in [0.15, 0.2) is 28.7 Å². The zero-order chi connectivity index (χ0) is 12.9. The van der Waals surface area contributed by atoms with Gasteiger partial charge in [0.05, 0.1) is 6.61 Å². The maximum absolute atomic E-state index is 10.5. The molecule has 17 heavy (non-hydrogen) atoms. The first-order valence-electron chi connectivity index (χ1n) is 5.28. The molecule has 0 saturated carbocycles. The summed E-state index contributed by atoms with van der Waals surface area (Å²) in [5.41, 5.74) is -0.485. The molecule has 0 bridgehead atoms. The predicted molar refractivity (Wildman–Crippen MR) is 69.5 cm³/mol. The van der Waals surface area contributed by atoms with Crippen LogP contribution in [0.25, 0.3) is 0 Å². The van der Waals surface area contributed by atoms with Crippen molar-refractivity contribution in [2.75, 3.05) is 6.61 Å². The largest absolute Gasteiger partial charge is 0.494 e. The van der Waals surface area contributed by atoms with E-state index in [4.69, 9.17) is 9.84 Å². The summed E-state index contributed by atoms with van der Waals surface area (Å²) in [5.74, 6) is 0.777. The lowest BCUT2D eigenvalue weighted by Crippen LogP contribution is -2.43. The van der Waals surface area contributed by atoms with E-state index in [-0.39, 0.29) is 0 Å². The third-order valence-electron chi connectivity index (χ3n) is 2.25. The van der Waals surface area contributed by atoms with Crippen LogP contribution in [0.2, 0.25) is 0 Å². The van der Waals surface area contributed by atoms with Crippen LogP contribution in [0.1, 0.15) is 20.3 Å². The Bertz CT molecular complexity index is 376. The minimum Gasteiger partial charge on any atom is -0.494 e. The third kappa shape index (κ3) is 5.58. The van der Waals surface area contributed by atoms with Crippen LogP contribution in [-0.4, -0.2) is 23.3 Å². The number of rotatable bonds is 5. The number of amides is 1. The lowest BCUT2D eigenvalue weighted by atomic mass is 10.0. The maximum Gasteiger partial charge on any atom is 0.405 e. The van der Waals surface area contributed by atoms with Crippen molar-refractivity contribution in [3.63, 3.8) is 0 Å². The van der Waals surface area contributed by atoms with Crippen molar-refractivity contribution in [1.82, 2.24) is 5.32 Å². The van der Waals surface area contributed by atoms with Crippen molar-refractivity contribution < 1.29 is 14.6 Å². The molecule has 0 aliphatic rings. The summed E-state index contributed by atoms with van der Waals surface area (Å²) in [4.78, 5) is 10.5. The first-order chi connectivity index (χ1) is 7.89. The maximum atomic E-state index is 10.5. The minimum atomic E-state index is -1.02. The van der Waals surface area contributed by atoms with Gasteiger partial charge < -0.3 is 15.2 Å². The minimum absolute atomic E-state index is 0.467. The predicted octanol–water partition coefficient (Wildman–Crippen LogP) is 3.26. The average molecular weight is 302 g/mol. The molecular weight excluding hydrogens is 286 g/mol. The van der Waals surface area contributed by atoms with E-state index in [9.17, 15) is 4.79 Å². The van der Waals surface area contributed by atoms with Crippen molar-refractivity contribution >= 4 is 22.0 Å². The SMILES string of the molecule is CC(C)(CCOc1ccc(Br)cc1)NC(=O)O. The van der Waals surface area contributed by atoms with Crippen LogP contribution < -0.4 is 10.1 Å². The van der Waals surface area contributed by atoms with E-state index in [1.54, 1.807) is 0 Å². The molecule has 4 nitrogen and oxygen atoms in total. The highest BCUT2D eigenvalue weighted by Gasteiger charge is 2.19. The third-order valence-corrected chi connectivity index (χ3v) is 2.78. The summed E-state index contributed by atoms with van der Waals surface area (Å²) in [7, 11) is 0. The second kappa shape index (κ2) is 5.91. The van der Waals surface area contributed by atoms with E-state index in [2.05, 4.69) is 21.2 Å². The number of carboxylic acid groups (broad SMARTS) is 1. The molecule has 0 aromatic heterocycles. The molecule has 0 radical (unpaired) electrons. The van der Waals surface area contributed by atoms with Gasteiger partial charge in [-0.2, -0.15) is 0 Å². The normalized spacial score (nSPS) is 11.0. The van der Waals surface area contributed by atoms with Gasteiger partial charge in [0, 0.05) is 16.4 Å². The zero-order valence-electron chi connectivity index (χ0n) is 9.87. The highest BCUT2D eigenvalue weighted by atomic mass is 79.9. The number of hydrogen-bond donors (Lipinski definition) is 2. The Morgan fingerprint density at radius 2 is 2.00 bits per heavy atom. The number of nitrogens with one attached hydrogen (secondary N) is 1. The molecule has 0 aliphatic carbocycles. The monoisotopic (exact) mass is 301 g/mol. The summed E-state index contributed by atoms with van der Waals surface area (Å²) < 4.78 is 6.52. The summed E-state index contributed by atoms with van der Waals surface area (Å²) in [6, 6.07) is 7.52. The van der Waals surface area contributed by atoms with E-state index in [0.717, 1.165) is 10.2 Å². The molecule has 0 atom stereocenters. The second-order valence-corrected chi connectivity index (χ2v) is 5.28. The average Bonchev–Trinajstić information content (AvgIpc) is 2.18. The highest BCUT2D eigenvalue weighted by Crippen LogP contribution is 2.17. The van der Waals surface area contributed by atoms with Gasteiger partial charge >= 0.3 is 6.09 Å². The van der Waals surface area contributed by atoms with Crippen LogP contribution in [0.5, 0.6) is 5.75 Å². The van der Waals surface area contributed by atoms with Crippen molar-refractivity contribution in [2.45, 2.75) is 25.8 Å². The molecule has 1 amide bonds. The fraction of sp³-hybridized carbons (Fsp3) is 0.417. The Morgan fingerprint density at radius 3 is 2.53 bits per heavy atom. The van der Waals surface area contributed by atoms with Crippen molar-refractivity contribution in [1.29, 1.82) is 0 Å². The Hall–Kier alpha value is -1.23. The number of hydrogen-bond acceptors (Lipinski definition) is 2. The molecule has 0 fully saturated rings. The van der Waals surface area contributed by atoms with Crippen LogP contribution >= 0.6 is 15.9 Å². The number of halogens is 1. The molecule has 0 saturated heterocycles. The van der Waals surface area contributed by atoms with E-state index in [1.807, 2.05) is 38.1 Å². The quantitative estimate of drug-likeness (QED) is 0.877. The zero-order valence-corrected chi connectivity index (χ0v) is 11.5. The molecule has 0 aliphatic heterocycles. The van der Waals surface area contributed by atoms with Gasteiger partial charge in [-0.3, -0.25) is 0 Å². The van der Waals surface area contributed by atoms with Gasteiger partial charge in [-0.15, -0.1) is 0 Å². The summed E-state index contributed by atoms with van der Waals surface area (Å²) in [6.07, 6.45) is -0.409. The highest BCUT2D eigenvalue weighted by molar-refractivity contribution is 9.10. The second-order valence-electron chi connectivity index (χ2n) is 4.37. The van der Waals surface area contributed by atoms with E-state index >= 15 is 0 Å². The fourth-order valence-corrected chi connectivity index (χ4v) is 1.57. The Morgan fingerprint density at radius 1 is 1.41 bits per heavy atom. The standard InChI is InChI=1S/C12H16BrNO3/c1-12(2,14-11(15)16)7-8-17-10-5-3-9(13)4-6-10/h3-6,14H,7-8H2,1-2H3,(H,15,16). The number of benzene rings is 1. The van der Waals surface area contributed by atoms with Gasteiger partial charge in [0.2, 0.25) is 0 Å².